The Morgan fingerprint density at radius 3 is 2.05 bits per heavy atom. The fourth-order valence-corrected chi connectivity index (χ4v) is 2.57. The number of nitrogens with zero attached hydrogens (tertiary/aromatic N) is 1. The second-order valence-electron chi connectivity index (χ2n) is 4.78. The predicted molar refractivity (Wildman–Crippen MR) is 80.7 cm³/mol. The van der Waals surface area contributed by atoms with Crippen molar-refractivity contribution in [2.24, 2.45) is 11.1 Å². The molecule has 0 fully saturated rings. The molecule has 0 aliphatic carbocycles. The maximum absolute atomic E-state index is 12.6. The van der Waals surface area contributed by atoms with Crippen molar-refractivity contribution in [3.05, 3.63) is 0 Å². The van der Waals surface area contributed by atoms with E-state index in [0.717, 1.165) is 12.8 Å². The Hall–Kier alpha value is -1.17. The smallest absolute Gasteiger partial charge is 0.239 e. The van der Waals surface area contributed by atoms with Gasteiger partial charge in [0.1, 0.15) is 0 Å². The molecule has 0 radical (unpaired) electrons. The van der Waals surface area contributed by atoms with Crippen LogP contribution < -0.4 is 11.1 Å². The Morgan fingerprint density at radius 2 is 1.74 bits per heavy atom. The molecule has 0 rings (SSSR count). The first-order valence-corrected chi connectivity index (χ1v) is 7.02. The molecule has 0 aliphatic heterocycles. The van der Waals surface area contributed by atoms with E-state index in [4.69, 9.17) is 18.0 Å². The average molecular weight is 287 g/mol. The Morgan fingerprint density at radius 1 is 1.26 bits per heavy atom. The summed E-state index contributed by atoms with van der Waals surface area (Å²) in [5.41, 5.74) is 5.01. The highest BCUT2D eigenvalue weighted by atomic mass is 32.1. The molecular weight excluding hydrogens is 262 g/mol. The van der Waals surface area contributed by atoms with Gasteiger partial charge < -0.3 is 16.0 Å². The van der Waals surface area contributed by atoms with Crippen LogP contribution in [-0.4, -0.2) is 42.3 Å². The van der Waals surface area contributed by atoms with Gasteiger partial charge in [-0.2, -0.15) is 0 Å². The van der Waals surface area contributed by atoms with Crippen molar-refractivity contribution in [2.75, 3.05) is 20.6 Å². The molecule has 0 atom stereocenters. The lowest BCUT2D eigenvalue weighted by atomic mass is 9.77. The molecule has 110 valence electrons. The second-order valence-corrected chi connectivity index (χ2v) is 5.22. The Labute approximate surface area is 120 Å². The average Bonchev–Trinajstić information content (AvgIpc) is 2.36. The van der Waals surface area contributed by atoms with Crippen LogP contribution in [0.15, 0.2) is 0 Å². The number of carbonyl (C=O) groups excluding carboxylic acids is 2. The molecule has 0 saturated heterocycles. The first-order chi connectivity index (χ1) is 8.85. The van der Waals surface area contributed by atoms with Crippen LogP contribution in [-0.2, 0) is 9.59 Å². The topological polar surface area (TPSA) is 75.4 Å². The lowest BCUT2D eigenvalue weighted by molar-refractivity contribution is -0.140. The van der Waals surface area contributed by atoms with E-state index in [9.17, 15) is 9.59 Å². The molecule has 3 N–H and O–H groups in total. The van der Waals surface area contributed by atoms with Crippen molar-refractivity contribution in [1.82, 2.24) is 10.2 Å². The molecule has 0 spiro atoms. The zero-order valence-corrected chi connectivity index (χ0v) is 13.1. The maximum Gasteiger partial charge on any atom is 0.239 e. The third kappa shape index (κ3) is 4.45. The number of thiocarbonyl (C=S) groups is 1. The SMILES string of the molecule is CCCC(CCC)(C(=O)N(C)CC(=O)NC)C(N)=S. The summed E-state index contributed by atoms with van der Waals surface area (Å²) < 4.78 is 0. The quantitative estimate of drug-likeness (QED) is 0.655. The molecule has 5 nitrogen and oxygen atoms in total. The fraction of sp³-hybridized carbons (Fsp3) is 0.769. The number of amides is 2. The van der Waals surface area contributed by atoms with Crippen molar-refractivity contribution >= 4 is 29.0 Å². The fourth-order valence-electron chi connectivity index (χ4n) is 2.28. The van der Waals surface area contributed by atoms with E-state index in [1.54, 1.807) is 14.1 Å². The summed E-state index contributed by atoms with van der Waals surface area (Å²) in [6.45, 7) is 4.01. The molecule has 0 aliphatic rings. The van der Waals surface area contributed by atoms with Gasteiger partial charge in [-0.1, -0.05) is 38.9 Å². The lowest BCUT2D eigenvalue weighted by Crippen LogP contribution is -2.51. The zero-order valence-electron chi connectivity index (χ0n) is 12.3. The van der Waals surface area contributed by atoms with Gasteiger partial charge in [-0.3, -0.25) is 9.59 Å². The molecule has 0 aromatic carbocycles. The highest BCUT2D eigenvalue weighted by molar-refractivity contribution is 7.80. The molecule has 0 saturated carbocycles. The maximum atomic E-state index is 12.6. The summed E-state index contributed by atoms with van der Waals surface area (Å²) in [4.78, 5) is 25.6. The van der Waals surface area contributed by atoms with E-state index in [0.29, 0.717) is 12.8 Å². The van der Waals surface area contributed by atoms with E-state index >= 15 is 0 Å². The van der Waals surface area contributed by atoms with E-state index in [2.05, 4.69) is 5.32 Å². The number of hydrogen-bond acceptors (Lipinski definition) is 3. The molecule has 0 heterocycles. The number of nitrogens with one attached hydrogen (secondary N) is 1. The molecule has 19 heavy (non-hydrogen) atoms. The summed E-state index contributed by atoms with van der Waals surface area (Å²) in [5, 5.41) is 2.50. The summed E-state index contributed by atoms with van der Waals surface area (Å²) in [7, 11) is 3.15. The Kier molecular flexibility index (Phi) is 7.59. The van der Waals surface area contributed by atoms with Crippen LogP contribution in [0.4, 0.5) is 0 Å². The molecular formula is C13H25N3O2S. The van der Waals surface area contributed by atoms with E-state index in [1.165, 1.54) is 4.90 Å². The Balaban J connectivity index is 5.18. The van der Waals surface area contributed by atoms with Crippen molar-refractivity contribution in [3.63, 3.8) is 0 Å². The van der Waals surface area contributed by atoms with Gasteiger partial charge in [0, 0.05) is 14.1 Å². The number of carbonyl (C=O) groups is 2. The minimum atomic E-state index is -0.818. The van der Waals surface area contributed by atoms with Crippen LogP contribution in [0.2, 0.25) is 0 Å². The van der Waals surface area contributed by atoms with Gasteiger partial charge in [-0.05, 0) is 12.8 Å². The van der Waals surface area contributed by atoms with Crippen molar-refractivity contribution in [1.29, 1.82) is 0 Å². The van der Waals surface area contributed by atoms with E-state index < -0.39 is 5.41 Å². The highest BCUT2D eigenvalue weighted by Gasteiger charge is 2.41. The highest BCUT2D eigenvalue weighted by Crippen LogP contribution is 2.32. The predicted octanol–water partition coefficient (Wildman–Crippen LogP) is 1.06. The number of rotatable bonds is 8. The van der Waals surface area contributed by atoms with Crippen LogP contribution in [0, 0.1) is 5.41 Å². The monoisotopic (exact) mass is 287 g/mol. The third-order valence-electron chi connectivity index (χ3n) is 3.24. The minimum absolute atomic E-state index is 0.0210. The largest absolute Gasteiger partial charge is 0.392 e. The normalized spacial score (nSPS) is 10.9. The van der Waals surface area contributed by atoms with E-state index in [1.807, 2.05) is 13.8 Å². The number of likely N-dealkylation sites (N-methyl/N-ethyl adjacent to an activating group) is 2. The first kappa shape index (κ1) is 17.8. The van der Waals surface area contributed by atoms with Crippen LogP contribution >= 0.6 is 12.2 Å². The van der Waals surface area contributed by atoms with Gasteiger partial charge >= 0.3 is 0 Å². The van der Waals surface area contributed by atoms with Crippen LogP contribution in [0.5, 0.6) is 0 Å². The molecule has 0 bridgehead atoms. The van der Waals surface area contributed by atoms with Gasteiger partial charge in [-0.15, -0.1) is 0 Å². The molecule has 6 heteroatoms. The minimum Gasteiger partial charge on any atom is -0.392 e. The summed E-state index contributed by atoms with van der Waals surface area (Å²) in [5.74, 6) is -0.368. The summed E-state index contributed by atoms with van der Waals surface area (Å²) in [6.07, 6.45) is 2.87. The zero-order chi connectivity index (χ0) is 15.1. The molecule has 0 aromatic rings. The number of hydrogen-bond donors (Lipinski definition) is 2. The van der Waals surface area contributed by atoms with Gasteiger partial charge in [0.15, 0.2) is 0 Å². The summed E-state index contributed by atoms with van der Waals surface area (Å²) >= 11 is 5.13. The van der Waals surface area contributed by atoms with Gasteiger partial charge in [-0.25, -0.2) is 0 Å². The van der Waals surface area contributed by atoms with Gasteiger partial charge in [0.2, 0.25) is 11.8 Å². The van der Waals surface area contributed by atoms with Crippen LogP contribution in [0.25, 0.3) is 0 Å². The molecule has 0 unspecified atom stereocenters. The van der Waals surface area contributed by atoms with Gasteiger partial charge in [0.05, 0.1) is 16.9 Å². The van der Waals surface area contributed by atoms with Crippen molar-refractivity contribution < 1.29 is 9.59 Å². The van der Waals surface area contributed by atoms with Crippen molar-refractivity contribution in [3.8, 4) is 0 Å². The van der Waals surface area contributed by atoms with Crippen LogP contribution in [0.1, 0.15) is 39.5 Å². The lowest BCUT2D eigenvalue weighted by Gasteiger charge is -2.34. The Bertz CT molecular complexity index is 339. The molecule has 2 amide bonds. The second kappa shape index (κ2) is 8.09. The summed E-state index contributed by atoms with van der Waals surface area (Å²) in [6, 6.07) is 0. The molecule has 0 aromatic heterocycles. The first-order valence-electron chi connectivity index (χ1n) is 6.61. The van der Waals surface area contributed by atoms with E-state index in [-0.39, 0.29) is 23.3 Å². The van der Waals surface area contributed by atoms with Gasteiger partial charge in [0.25, 0.3) is 0 Å². The number of nitrogens with two attached hydrogens (primary N) is 1. The standard InChI is InChI=1S/C13H25N3O2S/c1-5-7-13(8-6-2,11(14)19)12(18)16(4)9-10(17)15-3/h5-9H2,1-4H3,(H2,14,19)(H,15,17). The van der Waals surface area contributed by atoms with Crippen LogP contribution in [0.3, 0.4) is 0 Å². The third-order valence-corrected chi connectivity index (χ3v) is 3.63. The van der Waals surface area contributed by atoms with Crippen molar-refractivity contribution in [2.45, 2.75) is 39.5 Å².